The zero-order valence-corrected chi connectivity index (χ0v) is 19.5. The Kier molecular flexibility index (Phi) is 6.13. The van der Waals surface area contributed by atoms with Gasteiger partial charge in [0, 0.05) is 24.0 Å². The Morgan fingerprint density at radius 3 is 2.52 bits per heavy atom. The van der Waals surface area contributed by atoms with E-state index in [-0.39, 0.29) is 4.90 Å². The number of hydrogen-bond acceptors (Lipinski definition) is 7. The van der Waals surface area contributed by atoms with Gasteiger partial charge in [-0.3, -0.25) is 0 Å². The van der Waals surface area contributed by atoms with E-state index in [9.17, 15) is 8.42 Å². The molecular weight excluding hydrogens is 456 g/mol. The average Bonchev–Trinajstić information content (AvgIpc) is 3.32. The molecule has 33 heavy (non-hydrogen) atoms. The number of nitrogens with two attached hydrogens (primary N) is 1. The molecule has 4 aromatic rings. The minimum Gasteiger partial charge on any atom is -0.379 e. The number of morpholine rings is 1. The van der Waals surface area contributed by atoms with Crippen LogP contribution in [0.1, 0.15) is 11.7 Å². The number of hydrogen-bond donors (Lipinski definition) is 2. The number of sulfonamides is 1. The van der Waals surface area contributed by atoms with E-state index in [4.69, 9.17) is 10.5 Å². The molecule has 0 bridgehead atoms. The number of aromatic nitrogens is 1. The van der Waals surface area contributed by atoms with Gasteiger partial charge in [-0.15, -0.1) is 11.3 Å². The Bertz CT molecular complexity index is 1360. The fourth-order valence-electron chi connectivity index (χ4n) is 3.94. The molecule has 170 valence electrons. The van der Waals surface area contributed by atoms with Gasteiger partial charge in [0.15, 0.2) is 5.13 Å². The fraction of sp³-hybridized carbons (Fsp3) is 0.208. The van der Waals surface area contributed by atoms with Crippen LogP contribution >= 0.6 is 11.3 Å². The fourth-order valence-corrected chi connectivity index (χ4v) is 6.10. The average molecular weight is 481 g/mol. The summed E-state index contributed by atoms with van der Waals surface area (Å²) in [7, 11) is -3.51. The number of nitrogens with one attached hydrogen (secondary N) is 1. The quantitative estimate of drug-likeness (QED) is 0.404. The van der Waals surface area contributed by atoms with Gasteiger partial charge in [0.05, 0.1) is 23.8 Å². The van der Waals surface area contributed by atoms with Crippen LogP contribution in [-0.2, 0) is 14.8 Å². The summed E-state index contributed by atoms with van der Waals surface area (Å²) >= 11 is 1.46. The second kappa shape index (κ2) is 9.20. The van der Waals surface area contributed by atoms with Crippen molar-refractivity contribution in [3.63, 3.8) is 0 Å². The predicted molar refractivity (Wildman–Crippen MR) is 132 cm³/mol. The first kappa shape index (κ1) is 22.0. The Morgan fingerprint density at radius 1 is 1.00 bits per heavy atom. The normalized spacial score (nSPS) is 16.0. The highest BCUT2D eigenvalue weighted by molar-refractivity contribution is 7.89. The van der Waals surface area contributed by atoms with Crippen LogP contribution < -0.4 is 11.1 Å². The van der Waals surface area contributed by atoms with Crippen LogP contribution in [0.3, 0.4) is 0 Å². The van der Waals surface area contributed by atoms with Gasteiger partial charge in [0.2, 0.25) is 10.0 Å². The third kappa shape index (κ3) is 4.50. The standard InChI is InChI=1S/C24H24N4O3S2/c25-23(21-7-3-5-17-4-1-2-6-20(17)21)27-24-26-22(16-32-24)18-8-10-19(11-9-18)33(29,30)28-12-14-31-15-13-28/h1-11,16,23H,12-15,25H2,(H,26,27). The van der Waals surface area contributed by atoms with E-state index in [1.165, 1.54) is 15.6 Å². The first-order valence-electron chi connectivity index (χ1n) is 10.7. The second-order valence-electron chi connectivity index (χ2n) is 7.77. The van der Waals surface area contributed by atoms with Crippen molar-refractivity contribution in [2.45, 2.75) is 11.1 Å². The molecule has 7 nitrogen and oxygen atoms in total. The lowest BCUT2D eigenvalue weighted by atomic mass is 10.0. The summed E-state index contributed by atoms with van der Waals surface area (Å²) in [4.78, 5) is 4.94. The molecule has 1 saturated heterocycles. The van der Waals surface area contributed by atoms with E-state index in [1.807, 2.05) is 29.6 Å². The van der Waals surface area contributed by atoms with Crippen molar-refractivity contribution >= 4 is 37.3 Å². The molecule has 2 heterocycles. The van der Waals surface area contributed by atoms with E-state index in [1.54, 1.807) is 24.3 Å². The number of benzene rings is 3. The van der Waals surface area contributed by atoms with Crippen molar-refractivity contribution in [2.24, 2.45) is 5.73 Å². The van der Waals surface area contributed by atoms with Gasteiger partial charge in [-0.2, -0.15) is 4.31 Å². The summed E-state index contributed by atoms with van der Waals surface area (Å²) < 4.78 is 32.4. The van der Waals surface area contributed by atoms with Crippen molar-refractivity contribution in [1.82, 2.24) is 9.29 Å². The second-order valence-corrected chi connectivity index (χ2v) is 10.6. The lowest BCUT2D eigenvalue weighted by molar-refractivity contribution is 0.0730. The van der Waals surface area contributed by atoms with Gasteiger partial charge in [-0.25, -0.2) is 13.4 Å². The van der Waals surface area contributed by atoms with Crippen molar-refractivity contribution in [3.05, 3.63) is 77.7 Å². The number of fused-ring (bicyclic) bond motifs is 1. The maximum Gasteiger partial charge on any atom is 0.243 e. The number of thiazole rings is 1. The van der Waals surface area contributed by atoms with Gasteiger partial charge in [0.1, 0.15) is 6.17 Å². The Morgan fingerprint density at radius 2 is 1.73 bits per heavy atom. The van der Waals surface area contributed by atoms with E-state index in [0.717, 1.165) is 27.6 Å². The highest BCUT2D eigenvalue weighted by Gasteiger charge is 2.26. The maximum absolute atomic E-state index is 12.8. The summed E-state index contributed by atoms with van der Waals surface area (Å²) in [5.74, 6) is 0. The van der Waals surface area contributed by atoms with Gasteiger partial charge in [-0.1, -0.05) is 54.6 Å². The van der Waals surface area contributed by atoms with Gasteiger partial charge in [-0.05, 0) is 28.5 Å². The molecule has 1 atom stereocenters. The van der Waals surface area contributed by atoms with E-state index < -0.39 is 16.2 Å². The van der Waals surface area contributed by atoms with E-state index in [2.05, 4.69) is 28.5 Å². The van der Waals surface area contributed by atoms with E-state index in [0.29, 0.717) is 31.4 Å². The first-order valence-corrected chi connectivity index (χ1v) is 13.0. The molecular formula is C24H24N4O3S2. The molecule has 0 amide bonds. The maximum atomic E-state index is 12.8. The highest BCUT2D eigenvalue weighted by atomic mass is 32.2. The first-order chi connectivity index (χ1) is 16.0. The Labute approximate surface area is 196 Å². The molecule has 1 aromatic heterocycles. The summed E-state index contributed by atoms with van der Waals surface area (Å²) in [6, 6.07) is 21.1. The van der Waals surface area contributed by atoms with Gasteiger partial charge in [0.25, 0.3) is 0 Å². The molecule has 0 spiro atoms. The van der Waals surface area contributed by atoms with Gasteiger partial charge >= 0.3 is 0 Å². The molecule has 3 aromatic carbocycles. The van der Waals surface area contributed by atoms with Crippen LogP contribution in [-0.4, -0.2) is 44.0 Å². The molecule has 1 aliphatic heterocycles. The minimum atomic E-state index is -3.51. The zero-order chi connectivity index (χ0) is 22.8. The molecule has 1 aliphatic rings. The number of ether oxygens (including phenoxy) is 1. The number of rotatable bonds is 6. The van der Waals surface area contributed by atoms with Crippen molar-refractivity contribution in [1.29, 1.82) is 0 Å². The molecule has 3 N–H and O–H groups in total. The largest absolute Gasteiger partial charge is 0.379 e. The molecule has 9 heteroatoms. The molecule has 1 unspecified atom stereocenters. The predicted octanol–water partition coefficient (Wildman–Crippen LogP) is 4.05. The Balaban J connectivity index is 1.32. The van der Waals surface area contributed by atoms with Crippen molar-refractivity contribution < 1.29 is 13.2 Å². The molecule has 5 rings (SSSR count). The highest BCUT2D eigenvalue weighted by Crippen LogP contribution is 2.29. The summed E-state index contributed by atoms with van der Waals surface area (Å²) in [6.45, 7) is 1.60. The van der Waals surface area contributed by atoms with E-state index >= 15 is 0 Å². The molecule has 1 fully saturated rings. The van der Waals surface area contributed by atoms with Crippen LogP contribution in [0.4, 0.5) is 5.13 Å². The van der Waals surface area contributed by atoms with Crippen LogP contribution in [0.2, 0.25) is 0 Å². The van der Waals surface area contributed by atoms with Crippen LogP contribution in [0.15, 0.2) is 77.0 Å². The zero-order valence-electron chi connectivity index (χ0n) is 17.8. The molecule has 0 saturated carbocycles. The minimum absolute atomic E-state index is 0.278. The summed E-state index contributed by atoms with van der Waals surface area (Å²) in [5, 5.41) is 8.17. The van der Waals surface area contributed by atoms with Gasteiger partial charge < -0.3 is 15.8 Å². The molecule has 0 aliphatic carbocycles. The summed E-state index contributed by atoms with van der Waals surface area (Å²) in [6.07, 6.45) is -0.406. The SMILES string of the molecule is NC(Nc1nc(-c2ccc(S(=O)(=O)N3CCOCC3)cc2)cs1)c1cccc2ccccc12. The topological polar surface area (TPSA) is 97.5 Å². The third-order valence-corrected chi connectivity index (χ3v) is 8.39. The van der Waals surface area contributed by atoms with Crippen LogP contribution in [0, 0.1) is 0 Å². The number of nitrogens with zero attached hydrogens (tertiary/aromatic N) is 2. The summed E-state index contributed by atoms with van der Waals surface area (Å²) in [5.41, 5.74) is 9.07. The van der Waals surface area contributed by atoms with Crippen LogP contribution in [0.25, 0.3) is 22.0 Å². The lowest BCUT2D eigenvalue weighted by Crippen LogP contribution is -2.40. The third-order valence-electron chi connectivity index (χ3n) is 5.70. The monoisotopic (exact) mass is 480 g/mol. The Hall–Kier alpha value is -2.82. The van der Waals surface area contributed by atoms with Crippen LogP contribution in [0.5, 0.6) is 0 Å². The van der Waals surface area contributed by atoms with Crippen molar-refractivity contribution in [3.8, 4) is 11.3 Å². The lowest BCUT2D eigenvalue weighted by Gasteiger charge is -2.26. The number of anilines is 1. The molecule has 0 radical (unpaired) electrons. The smallest absolute Gasteiger partial charge is 0.243 e. The van der Waals surface area contributed by atoms with Crippen molar-refractivity contribution in [2.75, 3.05) is 31.6 Å².